The molecule has 1 saturated heterocycles. The Labute approximate surface area is 150 Å². The molecule has 1 atom stereocenters. The van der Waals surface area contributed by atoms with Gasteiger partial charge in [0.05, 0.1) is 25.4 Å². The quantitative estimate of drug-likeness (QED) is 0.862. The Hall–Kier alpha value is -2.45. The SMILES string of the molecule is COC(=O)N1C[C@H](c2cccc(O)c2)N(c2ccc(Cl)cc2)S1(=O)=O. The van der Waals surface area contributed by atoms with Crippen molar-refractivity contribution < 1.29 is 23.1 Å². The number of methoxy groups -OCH3 is 1. The summed E-state index contributed by atoms with van der Waals surface area (Å²) in [6.45, 7) is -0.138. The van der Waals surface area contributed by atoms with Gasteiger partial charge in [0.25, 0.3) is 0 Å². The summed E-state index contributed by atoms with van der Waals surface area (Å²) in [6.07, 6.45) is -0.971. The first-order valence-electron chi connectivity index (χ1n) is 7.29. The summed E-state index contributed by atoms with van der Waals surface area (Å²) in [5.41, 5.74) is 0.897. The predicted octanol–water partition coefficient (Wildman–Crippen LogP) is 2.92. The molecule has 2 aromatic carbocycles. The van der Waals surface area contributed by atoms with E-state index in [0.29, 0.717) is 20.6 Å². The standard InChI is InChI=1S/C16H15ClN2O5S/c1-24-16(21)18-10-15(11-3-2-4-14(20)9-11)19(25(18,22)23)13-7-5-12(17)6-8-13/h2-9,15,20H,10H2,1H3/t15-/m1/s1. The molecule has 0 aliphatic carbocycles. The lowest BCUT2D eigenvalue weighted by Gasteiger charge is -2.24. The zero-order chi connectivity index (χ0) is 18.2. The van der Waals surface area contributed by atoms with E-state index in [-0.39, 0.29) is 12.3 Å². The predicted molar refractivity (Wildman–Crippen MR) is 92.8 cm³/mol. The third-order valence-corrected chi connectivity index (χ3v) is 5.93. The Morgan fingerprint density at radius 2 is 1.92 bits per heavy atom. The van der Waals surface area contributed by atoms with Crippen LogP contribution in [0.25, 0.3) is 0 Å². The van der Waals surface area contributed by atoms with Gasteiger partial charge in [0, 0.05) is 5.02 Å². The summed E-state index contributed by atoms with van der Waals surface area (Å²) < 4.78 is 32.2. The Balaban J connectivity index is 2.14. The van der Waals surface area contributed by atoms with Gasteiger partial charge in [0.15, 0.2) is 0 Å². The summed E-state index contributed by atoms with van der Waals surface area (Å²) in [7, 11) is -3.03. The maximum atomic E-state index is 12.9. The second-order valence-electron chi connectivity index (χ2n) is 5.39. The average molecular weight is 383 g/mol. The van der Waals surface area contributed by atoms with Crippen molar-refractivity contribution in [2.24, 2.45) is 0 Å². The van der Waals surface area contributed by atoms with Crippen LogP contribution in [0.15, 0.2) is 48.5 Å². The Bertz CT molecular complexity index is 901. The van der Waals surface area contributed by atoms with Crippen LogP contribution in [0.1, 0.15) is 11.6 Å². The number of rotatable bonds is 2. The van der Waals surface area contributed by atoms with Gasteiger partial charge in [-0.2, -0.15) is 12.7 Å². The van der Waals surface area contributed by atoms with Crippen molar-refractivity contribution in [3.8, 4) is 5.75 Å². The van der Waals surface area contributed by atoms with Crippen LogP contribution < -0.4 is 4.31 Å². The molecule has 132 valence electrons. The summed E-state index contributed by atoms with van der Waals surface area (Å²) in [5, 5.41) is 10.2. The molecule has 3 rings (SSSR count). The van der Waals surface area contributed by atoms with Gasteiger partial charge in [0.2, 0.25) is 0 Å². The molecule has 1 amide bonds. The average Bonchev–Trinajstić information content (AvgIpc) is 2.86. The summed E-state index contributed by atoms with van der Waals surface area (Å²) in [6, 6.07) is 11.8. The van der Waals surface area contributed by atoms with Crippen molar-refractivity contribution in [3.05, 3.63) is 59.1 Å². The van der Waals surface area contributed by atoms with E-state index in [1.165, 1.54) is 12.1 Å². The normalized spacial score (nSPS) is 19.0. The molecule has 1 aliphatic heterocycles. The van der Waals surface area contributed by atoms with Crippen molar-refractivity contribution >= 4 is 33.6 Å². The second kappa shape index (κ2) is 6.45. The molecular weight excluding hydrogens is 368 g/mol. The number of nitrogens with zero attached hydrogens (tertiary/aromatic N) is 2. The first kappa shape index (κ1) is 17.4. The van der Waals surface area contributed by atoms with Gasteiger partial charge in [-0.05, 0) is 42.0 Å². The Morgan fingerprint density at radius 3 is 2.52 bits per heavy atom. The largest absolute Gasteiger partial charge is 0.508 e. The number of aromatic hydroxyl groups is 1. The molecule has 0 spiro atoms. The molecule has 0 aromatic heterocycles. The van der Waals surface area contributed by atoms with E-state index in [1.54, 1.807) is 36.4 Å². The van der Waals surface area contributed by atoms with Crippen LogP contribution in [0.3, 0.4) is 0 Å². The minimum atomic E-state index is -4.15. The molecule has 1 heterocycles. The van der Waals surface area contributed by atoms with Gasteiger partial charge in [-0.3, -0.25) is 0 Å². The maximum Gasteiger partial charge on any atom is 0.424 e. The highest BCUT2D eigenvalue weighted by Crippen LogP contribution is 2.39. The number of halogens is 1. The van der Waals surface area contributed by atoms with Crippen molar-refractivity contribution in [3.63, 3.8) is 0 Å². The van der Waals surface area contributed by atoms with Crippen LogP contribution >= 0.6 is 11.6 Å². The number of hydrogen-bond acceptors (Lipinski definition) is 5. The minimum Gasteiger partial charge on any atom is -0.508 e. The number of carbonyl (C=O) groups excluding carboxylic acids is 1. The highest BCUT2D eigenvalue weighted by Gasteiger charge is 2.48. The molecule has 0 radical (unpaired) electrons. The second-order valence-corrected chi connectivity index (χ2v) is 7.56. The number of carbonyl (C=O) groups is 1. The third kappa shape index (κ3) is 3.10. The molecule has 0 unspecified atom stereocenters. The molecule has 0 bridgehead atoms. The van der Waals surface area contributed by atoms with E-state index >= 15 is 0 Å². The van der Waals surface area contributed by atoms with Crippen LogP contribution in [0.2, 0.25) is 5.02 Å². The summed E-state index contributed by atoms with van der Waals surface area (Å²) in [5.74, 6) is 0.00229. The van der Waals surface area contributed by atoms with E-state index in [0.717, 1.165) is 11.4 Å². The van der Waals surface area contributed by atoms with Crippen molar-refractivity contribution in [1.82, 2.24) is 4.31 Å². The fraction of sp³-hybridized carbons (Fsp3) is 0.188. The van der Waals surface area contributed by atoms with E-state index in [1.807, 2.05) is 0 Å². The fourth-order valence-corrected chi connectivity index (χ4v) is 4.57. The van der Waals surface area contributed by atoms with E-state index < -0.39 is 22.3 Å². The zero-order valence-electron chi connectivity index (χ0n) is 13.2. The number of ether oxygens (including phenoxy) is 1. The Kier molecular flexibility index (Phi) is 4.49. The van der Waals surface area contributed by atoms with E-state index in [9.17, 15) is 18.3 Å². The number of hydrogen-bond donors (Lipinski definition) is 1. The third-order valence-electron chi connectivity index (χ3n) is 3.86. The topological polar surface area (TPSA) is 87.2 Å². The van der Waals surface area contributed by atoms with Crippen LogP contribution in [0.5, 0.6) is 5.75 Å². The summed E-state index contributed by atoms with van der Waals surface area (Å²) in [4.78, 5) is 11.9. The van der Waals surface area contributed by atoms with Gasteiger partial charge in [-0.15, -0.1) is 0 Å². The van der Waals surface area contributed by atoms with Gasteiger partial charge >= 0.3 is 16.3 Å². The monoisotopic (exact) mass is 382 g/mol. The molecule has 25 heavy (non-hydrogen) atoms. The highest BCUT2D eigenvalue weighted by molar-refractivity contribution is 7.91. The first-order chi connectivity index (χ1) is 11.8. The van der Waals surface area contributed by atoms with E-state index in [4.69, 9.17) is 11.6 Å². The fourth-order valence-electron chi connectivity index (χ4n) is 2.74. The zero-order valence-corrected chi connectivity index (χ0v) is 14.7. The smallest absolute Gasteiger partial charge is 0.424 e. The minimum absolute atomic E-state index is 0.00229. The number of benzene rings is 2. The summed E-state index contributed by atoms with van der Waals surface area (Å²) >= 11 is 5.88. The van der Waals surface area contributed by atoms with Gasteiger partial charge in [-0.1, -0.05) is 23.7 Å². The highest BCUT2D eigenvalue weighted by atomic mass is 35.5. The molecule has 1 fully saturated rings. The molecule has 2 aromatic rings. The van der Waals surface area contributed by atoms with Crippen LogP contribution in [-0.4, -0.2) is 37.6 Å². The first-order valence-corrected chi connectivity index (χ1v) is 9.06. The number of phenols is 1. The van der Waals surface area contributed by atoms with Crippen molar-refractivity contribution in [2.45, 2.75) is 6.04 Å². The van der Waals surface area contributed by atoms with Crippen LogP contribution in [-0.2, 0) is 14.9 Å². The molecule has 9 heteroatoms. The number of phenolic OH excluding ortho intramolecular Hbond substituents is 1. The molecule has 1 aliphatic rings. The van der Waals surface area contributed by atoms with Gasteiger partial charge < -0.3 is 9.84 Å². The lowest BCUT2D eigenvalue weighted by molar-refractivity contribution is 0.150. The maximum absolute atomic E-state index is 12.9. The lowest BCUT2D eigenvalue weighted by atomic mass is 10.1. The van der Waals surface area contributed by atoms with Crippen molar-refractivity contribution in [2.75, 3.05) is 18.0 Å². The lowest BCUT2D eigenvalue weighted by Crippen LogP contribution is -2.37. The van der Waals surface area contributed by atoms with Crippen LogP contribution in [0.4, 0.5) is 10.5 Å². The van der Waals surface area contributed by atoms with Gasteiger partial charge in [-0.25, -0.2) is 9.10 Å². The van der Waals surface area contributed by atoms with Gasteiger partial charge in [0.1, 0.15) is 5.75 Å². The number of anilines is 1. The van der Waals surface area contributed by atoms with Crippen molar-refractivity contribution in [1.29, 1.82) is 0 Å². The molecule has 0 saturated carbocycles. The number of amides is 1. The molecule has 1 N–H and O–H groups in total. The Morgan fingerprint density at radius 1 is 1.24 bits per heavy atom. The molecular formula is C16H15ClN2O5S. The van der Waals surface area contributed by atoms with E-state index in [2.05, 4.69) is 4.74 Å². The molecule has 7 nitrogen and oxygen atoms in total. The van der Waals surface area contributed by atoms with Crippen LogP contribution in [0, 0.1) is 0 Å².